The number of anilines is 3. The van der Waals surface area contributed by atoms with Crippen molar-refractivity contribution >= 4 is 39.1 Å². The number of aryl methyl sites for hydroxylation is 1. The molecule has 6 rings (SSSR count). The van der Waals surface area contributed by atoms with E-state index in [4.69, 9.17) is 9.15 Å². The first-order valence-corrected chi connectivity index (χ1v) is 14.7. The summed E-state index contributed by atoms with van der Waals surface area (Å²) in [5, 5.41) is 9.96. The molecule has 0 radical (unpaired) electrons. The summed E-state index contributed by atoms with van der Waals surface area (Å²) in [7, 11) is 2.12. The van der Waals surface area contributed by atoms with E-state index in [2.05, 4.69) is 44.2 Å². The van der Waals surface area contributed by atoms with Gasteiger partial charge in [-0.05, 0) is 44.6 Å². The number of thiophene rings is 1. The second-order valence-electron chi connectivity index (χ2n) is 10.2. The van der Waals surface area contributed by atoms with E-state index in [1.807, 2.05) is 48.8 Å². The lowest BCUT2D eigenvalue weighted by atomic mass is 10.1. The molecule has 41 heavy (non-hydrogen) atoms. The average Bonchev–Trinajstić information content (AvgIpc) is 3.58. The molecule has 0 amide bonds. The summed E-state index contributed by atoms with van der Waals surface area (Å²) in [5.41, 5.74) is 5.48. The van der Waals surface area contributed by atoms with Crippen molar-refractivity contribution in [1.29, 1.82) is 0 Å². The molecule has 0 spiro atoms. The Hall–Kier alpha value is -4.06. The lowest BCUT2D eigenvalue weighted by Gasteiger charge is -2.27. The third-order valence-electron chi connectivity index (χ3n) is 7.13. The number of ether oxygens (including phenoxy) is 1. The molecule has 4 aromatic heterocycles. The third kappa shape index (κ3) is 5.88. The minimum atomic E-state index is -0.0215. The van der Waals surface area contributed by atoms with E-state index in [0.29, 0.717) is 54.2 Å². The second kappa shape index (κ2) is 11.8. The Morgan fingerprint density at radius 2 is 1.95 bits per heavy atom. The largest absolute Gasteiger partial charge is 0.439 e. The second-order valence-corrected chi connectivity index (χ2v) is 11.1. The van der Waals surface area contributed by atoms with Gasteiger partial charge in [0.15, 0.2) is 17.3 Å². The van der Waals surface area contributed by atoms with Gasteiger partial charge in [0, 0.05) is 66.4 Å². The molecule has 1 aliphatic heterocycles. The Morgan fingerprint density at radius 3 is 2.73 bits per heavy atom. The number of benzene rings is 1. The van der Waals surface area contributed by atoms with Crippen LogP contribution in [0.3, 0.4) is 0 Å². The normalized spacial score (nSPS) is 13.8. The first kappa shape index (κ1) is 27.1. The molecule has 0 saturated carbocycles. The highest BCUT2D eigenvalue weighted by molar-refractivity contribution is 7.17. The van der Waals surface area contributed by atoms with Crippen molar-refractivity contribution < 1.29 is 9.15 Å². The predicted molar refractivity (Wildman–Crippen MR) is 163 cm³/mol. The number of nitrogens with one attached hydrogen (secondary N) is 1. The van der Waals surface area contributed by atoms with Crippen LogP contribution in [0.25, 0.3) is 27.2 Å². The van der Waals surface area contributed by atoms with Crippen LogP contribution in [-0.2, 0) is 11.3 Å². The number of aromatic nitrogens is 4. The monoisotopic (exact) mass is 571 g/mol. The number of morpholine rings is 1. The highest BCUT2D eigenvalue weighted by Crippen LogP contribution is 2.35. The van der Waals surface area contributed by atoms with E-state index in [9.17, 15) is 4.79 Å². The van der Waals surface area contributed by atoms with Crippen LogP contribution in [0.4, 0.5) is 17.5 Å². The van der Waals surface area contributed by atoms with Gasteiger partial charge in [0.25, 0.3) is 0 Å². The first-order valence-electron chi connectivity index (χ1n) is 13.8. The molecule has 10 nitrogen and oxygen atoms in total. The molecule has 5 heterocycles. The summed E-state index contributed by atoms with van der Waals surface area (Å²) >= 11 is 1.41. The standard InChI is InChI=1S/C30H33N7O3S/c1-4-11-35(3)17-22-18-37(34-20(22)2)26-9-10-31-30(33-26)32-23-7-5-21(6-8-23)24-19-41-29-25(38)16-27(40-28(24)29)36-12-14-39-15-13-36/h5-10,16,18-19H,4,11-15,17H2,1-3H3,(H,31,32,33). The number of hydrogen-bond acceptors (Lipinski definition) is 10. The van der Waals surface area contributed by atoms with Gasteiger partial charge in [-0.2, -0.15) is 10.1 Å². The van der Waals surface area contributed by atoms with Crippen LogP contribution in [0.5, 0.6) is 0 Å². The summed E-state index contributed by atoms with van der Waals surface area (Å²) < 4.78 is 14.1. The molecular weight excluding hydrogens is 538 g/mol. The maximum Gasteiger partial charge on any atom is 0.229 e. The highest BCUT2D eigenvalue weighted by Gasteiger charge is 2.19. The summed E-state index contributed by atoms with van der Waals surface area (Å²) in [5.74, 6) is 1.77. The van der Waals surface area contributed by atoms with Crippen molar-refractivity contribution in [1.82, 2.24) is 24.6 Å². The van der Waals surface area contributed by atoms with Crippen LogP contribution >= 0.6 is 11.3 Å². The van der Waals surface area contributed by atoms with E-state index in [0.717, 1.165) is 42.0 Å². The van der Waals surface area contributed by atoms with Crippen molar-refractivity contribution in [3.8, 4) is 16.9 Å². The average molecular weight is 572 g/mol. The summed E-state index contributed by atoms with van der Waals surface area (Å²) in [4.78, 5) is 26.3. The predicted octanol–water partition coefficient (Wildman–Crippen LogP) is 5.23. The fourth-order valence-corrected chi connectivity index (χ4v) is 5.90. The SMILES string of the molecule is CCCN(C)Cc1cn(-c2ccnc(Nc3ccc(-c4csc5c(=O)cc(N6CCOCC6)oc45)cc3)n2)nc1C. The molecule has 0 atom stereocenters. The third-order valence-corrected chi connectivity index (χ3v) is 8.10. The van der Waals surface area contributed by atoms with Crippen LogP contribution in [0, 0.1) is 6.92 Å². The number of rotatable bonds is 9. The minimum Gasteiger partial charge on any atom is -0.439 e. The van der Waals surface area contributed by atoms with Crippen LogP contribution in [0.15, 0.2) is 63.4 Å². The van der Waals surface area contributed by atoms with Crippen LogP contribution in [-0.4, -0.2) is 64.5 Å². The topological polar surface area (TPSA) is 102 Å². The zero-order chi connectivity index (χ0) is 28.3. The maximum absolute atomic E-state index is 12.8. The quantitative estimate of drug-likeness (QED) is 0.255. The summed E-state index contributed by atoms with van der Waals surface area (Å²) in [6.07, 6.45) is 4.88. The number of fused-ring (bicyclic) bond motifs is 1. The van der Waals surface area contributed by atoms with Gasteiger partial charge >= 0.3 is 0 Å². The van der Waals surface area contributed by atoms with Gasteiger partial charge in [-0.3, -0.25) is 4.79 Å². The minimum absolute atomic E-state index is 0.0215. The van der Waals surface area contributed by atoms with Gasteiger partial charge in [-0.15, -0.1) is 11.3 Å². The van der Waals surface area contributed by atoms with Crippen molar-refractivity contribution in [2.75, 3.05) is 50.1 Å². The van der Waals surface area contributed by atoms with E-state index in [1.54, 1.807) is 16.9 Å². The van der Waals surface area contributed by atoms with Crippen LogP contribution in [0.2, 0.25) is 0 Å². The molecule has 1 fully saturated rings. The lowest BCUT2D eigenvalue weighted by Crippen LogP contribution is -2.36. The number of hydrogen-bond donors (Lipinski definition) is 1. The van der Waals surface area contributed by atoms with Crippen molar-refractivity contribution in [2.45, 2.75) is 26.8 Å². The molecule has 0 bridgehead atoms. The highest BCUT2D eigenvalue weighted by atomic mass is 32.1. The molecular formula is C30H33N7O3S. The van der Waals surface area contributed by atoms with Gasteiger partial charge in [0.05, 0.1) is 18.9 Å². The Balaban J connectivity index is 1.20. The molecule has 5 aromatic rings. The first-order chi connectivity index (χ1) is 20.0. The Morgan fingerprint density at radius 1 is 1.15 bits per heavy atom. The van der Waals surface area contributed by atoms with Crippen molar-refractivity contribution in [3.05, 3.63) is 75.7 Å². The molecule has 212 valence electrons. The van der Waals surface area contributed by atoms with Gasteiger partial charge in [-0.25, -0.2) is 9.67 Å². The fraction of sp³-hybridized carbons (Fsp3) is 0.333. The summed E-state index contributed by atoms with van der Waals surface area (Å²) in [6, 6.07) is 11.4. The van der Waals surface area contributed by atoms with Gasteiger partial charge in [0.2, 0.25) is 11.4 Å². The molecule has 1 saturated heterocycles. The van der Waals surface area contributed by atoms with E-state index < -0.39 is 0 Å². The smallest absolute Gasteiger partial charge is 0.229 e. The molecule has 0 aliphatic carbocycles. The number of nitrogens with zero attached hydrogens (tertiary/aromatic N) is 6. The van der Waals surface area contributed by atoms with E-state index in [-0.39, 0.29) is 5.43 Å². The molecule has 1 aliphatic rings. The maximum atomic E-state index is 12.8. The molecule has 0 unspecified atom stereocenters. The fourth-order valence-electron chi connectivity index (χ4n) is 4.99. The lowest BCUT2D eigenvalue weighted by molar-refractivity contribution is 0.121. The molecule has 11 heteroatoms. The van der Waals surface area contributed by atoms with Crippen molar-refractivity contribution in [2.24, 2.45) is 0 Å². The molecule has 1 N–H and O–H groups in total. The van der Waals surface area contributed by atoms with Crippen molar-refractivity contribution in [3.63, 3.8) is 0 Å². The van der Waals surface area contributed by atoms with Crippen LogP contribution < -0.4 is 15.6 Å². The summed E-state index contributed by atoms with van der Waals surface area (Å²) in [6.45, 7) is 8.75. The van der Waals surface area contributed by atoms with Crippen LogP contribution in [0.1, 0.15) is 24.6 Å². The van der Waals surface area contributed by atoms with Gasteiger partial charge in [-0.1, -0.05) is 19.1 Å². The zero-order valence-corrected chi connectivity index (χ0v) is 24.3. The Bertz CT molecular complexity index is 1700. The Kier molecular flexibility index (Phi) is 7.82. The van der Waals surface area contributed by atoms with E-state index >= 15 is 0 Å². The van der Waals surface area contributed by atoms with E-state index in [1.165, 1.54) is 16.9 Å². The van der Waals surface area contributed by atoms with Gasteiger partial charge < -0.3 is 24.3 Å². The zero-order valence-electron chi connectivity index (χ0n) is 23.5. The Labute approximate surface area is 242 Å². The molecule has 1 aromatic carbocycles. The van der Waals surface area contributed by atoms with Gasteiger partial charge in [0.1, 0.15) is 4.70 Å².